The van der Waals surface area contributed by atoms with Crippen molar-refractivity contribution < 1.29 is 19.1 Å². The van der Waals surface area contributed by atoms with Crippen LogP contribution >= 0.6 is 0 Å². The second-order valence-electron chi connectivity index (χ2n) is 5.30. The number of rotatable bonds is 5. The molecule has 1 atom stereocenters. The van der Waals surface area contributed by atoms with Crippen LogP contribution in [0.2, 0.25) is 0 Å². The molecular formula is C18H17N3O4. The molecule has 0 aliphatic carbocycles. The first-order valence-electron chi connectivity index (χ1n) is 7.58. The van der Waals surface area contributed by atoms with Gasteiger partial charge in [0, 0.05) is 23.3 Å². The Balaban J connectivity index is 1.97. The summed E-state index contributed by atoms with van der Waals surface area (Å²) in [5, 5.41) is 3.43. The Morgan fingerprint density at radius 3 is 2.72 bits per heavy atom. The molecule has 3 rings (SSSR count). The molecule has 0 saturated heterocycles. The highest BCUT2D eigenvalue weighted by Gasteiger charge is 2.27. The number of H-pyrrole nitrogens is 1. The molecule has 1 aromatic carbocycles. The van der Waals surface area contributed by atoms with Crippen molar-refractivity contribution in [3.63, 3.8) is 0 Å². The molecule has 0 aliphatic rings. The van der Waals surface area contributed by atoms with Gasteiger partial charge in [0.1, 0.15) is 5.75 Å². The minimum absolute atomic E-state index is 0.363. The van der Waals surface area contributed by atoms with Crippen LogP contribution in [0.4, 0.5) is 0 Å². The molecule has 7 heteroatoms. The van der Waals surface area contributed by atoms with Crippen molar-refractivity contribution in [2.75, 3.05) is 14.2 Å². The normalized spacial score (nSPS) is 11.8. The number of hydrogen-bond acceptors (Lipinski definition) is 5. The number of benzene rings is 1. The zero-order valence-electron chi connectivity index (χ0n) is 13.8. The molecule has 0 aliphatic heterocycles. The van der Waals surface area contributed by atoms with E-state index in [1.54, 1.807) is 42.7 Å². The van der Waals surface area contributed by atoms with E-state index in [0.29, 0.717) is 16.9 Å². The summed E-state index contributed by atoms with van der Waals surface area (Å²) in [6.45, 7) is 0. The predicted octanol–water partition coefficient (Wildman–Crippen LogP) is 2.22. The fraction of sp³-hybridized carbons (Fsp3) is 0.167. The first-order chi connectivity index (χ1) is 12.2. The minimum atomic E-state index is -0.997. The molecule has 3 aromatic rings. The van der Waals surface area contributed by atoms with Crippen molar-refractivity contribution in [1.29, 1.82) is 0 Å². The lowest BCUT2D eigenvalue weighted by Crippen LogP contribution is -2.35. The molecule has 2 heterocycles. The van der Waals surface area contributed by atoms with Crippen LogP contribution in [0.5, 0.6) is 5.75 Å². The van der Waals surface area contributed by atoms with E-state index in [9.17, 15) is 9.59 Å². The van der Waals surface area contributed by atoms with Gasteiger partial charge in [-0.25, -0.2) is 4.79 Å². The van der Waals surface area contributed by atoms with E-state index >= 15 is 0 Å². The number of aromatic amines is 1. The summed E-state index contributed by atoms with van der Waals surface area (Å²) in [7, 11) is 2.77. The van der Waals surface area contributed by atoms with Gasteiger partial charge in [0.25, 0.3) is 5.91 Å². The molecule has 2 aromatic heterocycles. The predicted molar refractivity (Wildman–Crippen MR) is 91.3 cm³/mol. The number of amides is 1. The first kappa shape index (κ1) is 16.5. The Morgan fingerprint density at radius 1 is 1.16 bits per heavy atom. The van der Waals surface area contributed by atoms with E-state index in [0.717, 1.165) is 10.9 Å². The maximum atomic E-state index is 12.7. The van der Waals surface area contributed by atoms with Gasteiger partial charge in [0.15, 0.2) is 6.04 Å². The van der Waals surface area contributed by atoms with E-state index in [1.807, 2.05) is 0 Å². The fourth-order valence-electron chi connectivity index (χ4n) is 2.66. The van der Waals surface area contributed by atoms with Gasteiger partial charge < -0.3 is 19.8 Å². The van der Waals surface area contributed by atoms with E-state index < -0.39 is 17.9 Å². The molecule has 25 heavy (non-hydrogen) atoms. The Labute approximate surface area is 144 Å². The van der Waals surface area contributed by atoms with Crippen LogP contribution in [0, 0.1) is 0 Å². The van der Waals surface area contributed by atoms with E-state index in [-0.39, 0.29) is 0 Å². The van der Waals surface area contributed by atoms with Gasteiger partial charge in [-0.15, -0.1) is 0 Å². The Morgan fingerprint density at radius 2 is 1.96 bits per heavy atom. The molecule has 2 N–H and O–H groups in total. The number of para-hydroxylation sites is 1. The second-order valence-corrected chi connectivity index (χ2v) is 5.30. The molecule has 1 unspecified atom stereocenters. The average Bonchev–Trinajstić information content (AvgIpc) is 3.14. The average molecular weight is 339 g/mol. The number of fused-ring (bicyclic) bond motifs is 1. The lowest BCUT2D eigenvalue weighted by atomic mass is 10.0. The van der Waals surface area contributed by atoms with Crippen LogP contribution in [0.3, 0.4) is 0 Å². The van der Waals surface area contributed by atoms with Crippen LogP contribution in [-0.4, -0.2) is 36.1 Å². The number of ether oxygens (including phenoxy) is 2. The number of hydrogen-bond donors (Lipinski definition) is 2. The molecule has 0 bridgehead atoms. The van der Waals surface area contributed by atoms with Crippen molar-refractivity contribution in [3.05, 3.63) is 60.0 Å². The lowest BCUT2D eigenvalue weighted by molar-refractivity contribution is -0.143. The topological polar surface area (TPSA) is 93.3 Å². The van der Waals surface area contributed by atoms with Crippen LogP contribution < -0.4 is 10.1 Å². The van der Waals surface area contributed by atoms with Gasteiger partial charge in [-0.3, -0.25) is 9.78 Å². The quantitative estimate of drug-likeness (QED) is 0.695. The van der Waals surface area contributed by atoms with Gasteiger partial charge in [-0.2, -0.15) is 0 Å². The van der Waals surface area contributed by atoms with E-state index in [4.69, 9.17) is 9.47 Å². The Kier molecular flexibility index (Phi) is 4.65. The zero-order chi connectivity index (χ0) is 17.8. The third kappa shape index (κ3) is 3.16. The maximum Gasteiger partial charge on any atom is 0.333 e. The highest BCUT2D eigenvalue weighted by Crippen LogP contribution is 2.26. The third-order valence-corrected chi connectivity index (χ3v) is 3.88. The molecule has 128 valence electrons. The highest BCUT2D eigenvalue weighted by atomic mass is 16.5. The van der Waals surface area contributed by atoms with Crippen molar-refractivity contribution in [1.82, 2.24) is 15.3 Å². The van der Waals surface area contributed by atoms with E-state index in [1.165, 1.54) is 20.4 Å². The largest absolute Gasteiger partial charge is 0.496 e. The Hall–Kier alpha value is -3.35. The van der Waals surface area contributed by atoms with Gasteiger partial charge in [-0.1, -0.05) is 18.2 Å². The number of nitrogens with one attached hydrogen (secondary N) is 2. The van der Waals surface area contributed by atoms with Gasteiger partial charge in [-0.05, 0) is 12.1 Å². The number of carbonyl (C=O) groups is 2. The van der Waals surface area contributed by atoms with Crippen molar-refractivity contribution >= 4 is 22.8 Å². The lowest BCUT2D eigenvalue weighted by Gasteiger charge is -2.19. The van der Waals surface area contributed by atoms with Gasteiger partial charge in [0.2, 0.25) is 0 Å². The molecule has 0 saturated carbocycles. The van der Waals surface area contributed by atoms with Crippen molar-refractivity contribution in [3.8, 4) is 5.75 Å². The van der Waals surface area contributed by atoms with Gasteiger partial charge in [0.05, 0.1) is 31.5 Å². The first-order valence-corrected chi connectivity index (χ1v) is 7.58. The van der Waals surface area contributed by atoms with Crippen LogP contribution in [0.25, 0.3) is 10.9 Å². The van der Waals surface area contributed by atoms with Crippen LogP contribution in [0.15, 0.2) is 48.9 Å². The molecule has 0 radical (unpaired) electrons. The van der Waals surface area contributed by atoms with Gasteiger partial charge >= 0.3 is 5.97 Å². The molecule has 0 fully saturated rings. The fourth-order valence-corrected chi connectivity index (χ4v) is 2.66. The maximum absolute atomic E-state index is 12.7. The summed E-state index contributed by atoms with van der Waals surface area (Å²) in [6, 6.07) is 7.74. The van der Waals surface area contributed by atoms with E-state index in [2.05, 4.69) is 15.3 Å². The summed E-state index contributed by atoms with van der Waals surface area (Å²) >= 11 is 0. The molecule has 7 nitrogen and oxygen atoms in total. The summed E-state index contributed by atoms with van der Waals surface area (Å²) in [4.78, 5) is 32.0. The SMILES string of the molecule is COC(=O)C(NC(=O)c1cncc2[nH]ccc12)c1ccccc1OC. The standard InChI is InChI=1S/C18H17N3O4/c1-24-15-6-4-3-5-12(15)16(18(23)25-2)21-17(22)13-9-19-10-14-11(13)7-8-20-14/h3-10,16,20H,1-2H3,(H,21,22). The molecule has 1 amide bonds. The van der Waals surface area contributed by atoms with Crippen molar-refractivity contribution in [2.45, 2.75) is 6.04 Å². The highest BCUT2D eigenvalue weighted by molar-refractivity contribution is 6.07. The summed E-state index contributed by atoms with van der Waals surface area (Å²) in [6.07, 6.45) is 4.81. The van der Waals surface area contributed by atoms with Crippen molar-refractivity contribution in [2.24, 2.45) is 0 Å². The smallest absolute Gasteiger partial charge is 0.333 e. The monoisotopic (exact) mass is 339 g/mol. The number of methoxy groups -OCH3 is 2. The number of nitrogens with zero attached hydrogens (tertiary/aromatic N) is 1. The van der Waals surface area contributed by atoms with Crippen LogP contribution in [-0.2, 0) is 9.53 Å². The molecular weight excluding hydrogens is 322 g/mol. The number of aromatic nitrogens is 2. The summed E-state index contributed by atoms with van der Waals surface area (Å²) < 4.78 is 10.1. The summed E-state index contributed by atoms with van der Waals surface area (Å²) in [5.41, 5.74) is 1.61. The van der Waals surface area contributed by atoms with Crippen LogP contribution in [0.1, 0.15) is 22.0 Å². The minimum Gasteiger partial charge on any atom is -0.496 e. The number of carbonyl (C=O) groups excluding carboxylic acids is 2. The second kappa shape index (κ2) is 7.04. The Bertz CT molecular complexity index is 919. The summed E-state index contributed by atoms with van der Waals surface area (Å²) in [5.74, 6) is -0.540. The number of esters is 1. The molecule has 0 spiro atoms. The zero-order valence-corrected chi connectivity index (χ0v) is 13.8. The third-order valence-electron chi connectivity index (χ3n) is 3.88. The number of pyridine rings is 1.